The first-order valence-electron chi connectivity index (χ1n) is 8.39. The van der Waals surface area contributed by atoms with Gasteiger partial charge in [-0.25, -0.2) is 0 Å². The first-order valence-corrected chi connectivity index (χ1v) is 8.39. The van der Waals surface area contributed by atoms with Crippen molar-refractivity contribution in [3.05, 3.63) is 54.1 Å². The zero-order valence-corrected chi connectivity index (χ0v) is 14.9. The molecule has 2 aromatic carbocycles. The molecule has 138 valence electrons. The van der Waals surface area contributed by atoms with Crippen molar-refractivity contribution in [2.45, 2.75) is 25.7 Å². The highest BCUT2D eigenvalue weighted by Crippen LogP contribution is 2.19. The topological polar surface area (TPSA) is 84.9 Å². The van der Waals surface area contributed by atoms with Crippen molar-refractivity contribution in [3.8, 4) is 11.5 Å². The van der Waals surface area contributed by atoms with E-state index in [1.165, 1.54) is 0 Å². The first-order chi connectivity index (χ1) is 12.5. The SMILES string of the molecule is COc1ccc(OCCCC(=O)Nc2ccc(C(C)C(=O)O)cc2)cc1. The van der Waals surface area contributed by atoms with E-state index in [1.54, 1.807) is 38.3 Å². The Kier molecular flexibility index (Phi) is 7.02. The number of hydrogen-bond acceptors (Lipinski definition) is 4. The average molecular weight is 357 g/mol. The molecule has 0 heterocycles. The molecule has 0 fully saturated rings. The van der Waals surface area contributed by atoms with Crippen molar-refractivity contribution in [3.63, 3.8) is 0 Å². The van der Waals surface area contributed by atoms with Crippen LogP contribution in [-0.2, 0) is 9.59 Å². The minimum Gasteiger partial charge on any atom is -0.497 e. The van der Waals surface area contributed by atoms with Crippen LogP contribution in [0, 0.1) is 0 Å². The van der Waals surface area contributed by atoms with Crippen LogP contribution in [0.15, 0.2) is 48.5 Å². The maximum Gasteiger partial charge on any atom is 0.310 e. The van der Waals surface area contributed by atoms with Crippen LogP contribution in [0.3, 0.4) is 0 Å². The van der Waals surface area contributed by atoms with E-state index in [0.29, 0.717) is 30.7 Å². The van der Waals surface area contributed by atoms with Gasteiger partial charge >= 0.3 is 5.97 Å². The number of rotatable bonds is 9. The average Bonchev–Trinajstić information content (AvgIpc) is 2.65. The third-order valence-corrected chi connectivity index (χ3v) is 3.94. The second-order valence-electron chi connectivity index (χ2n) is 5.86. The lowest BCUT2D eigenvalue weighted by atomic mass is 10.0. The second kappa shape index (κ2) is 9.46. The summed E-state index contributed by atoms with van der Waals surface area (Å²) in [5, 5.41) is 11.8. The van der Waals surface area contributed by atoms with E-state index in [4.69, 9.17) is 14.6 Å². The smallest absolute Gasteiger partial charge is 0.310 e. The van der Waals surface area contributed by atoms with E-state index in [9.17, 15) is 9.59 Å². The van der Waals surface area contributed by atoms with Crippen LogP contribution in [0.5, 0.6) is 11.5 Å². The Balaban J connectivity index is 1.72. The zero-order chi connectivity index (χ0) is 18.9. The predicted molar refractivity (Wildman–Crippen MR) is 98.8 cm³/mol. The van der Waals surface area contributed by atoms with Crippen LogP contribution >= 0.6 is 0 Å². The molecular weight excluding hydrogens is 334 g/mol. The molecule has 0 spiro atoms. The number of carboxylic acids is 1. The summed E-state index contributed by atoms with van der Waals surface area (Å²) in [6.45, 7) is 2.06. The van der Waals surface area contributed by atoms with Crippen molar-refractivity contribution < 1.29 is 24.2 Å². The molecule has 1 atom stereocenters. The fourth-order valence-corrected chi connectivity index (χ4v) is 2.32. The number of hydrogen-bond donors (Lipinski definition) is 2. The molecule has 6 heteroatoms. The maximum atomic E-state index is 12.0. The summed E-state index contributed by atoms with van der Waals surface area (Å²) in [5.41, 5.74) is 1.34. The van der Waals surface area contributed by atoms with Gasteiger partial charge < -0.3 is 19.9 Å². The lowest BCUT2D eigenvalue weighted by Gasteiger charge is -2.09. The number of benzene rings is 2. The van der Waals surface area contributed by atoms with Gasteiger partial charge in [-0.05, 0) is 55.3 Å². The van der Waals surface area contributed by atoms with Crippen molar-refractivity contribution in [2.24, 2.45) is 0 Å². The standard InChI is InChI=1S/C20H23NO5/c1-14(20(23)24)15-5-7-16(8-6-15)21-19(22)4-3-13-26-18-11-9-17(25-2)10-12-18/h5-12,14H,3-4,13H2,1-2H3,(H,21,22)(H,23,24). The van der Waals surface area contributed by atoms with Gasteiger partial charge in [0.2, 0.25) is 5.91 Å². The second-order valence-corrected chi connectivity index (χ2v) is 5.86. The van der Waals surface area contributed by atoms with Crippen LogP contribution in [0.4, 0.5) is 5.69 Å². The van der Waals surface area contributed by atoms with E-state index >= 15 is 0 Å². The van der Waals surface area contributed by atoms with Crippen molar-refractivity contribution in [2.75, 3.05) is 19.0 Å². The van der Waals surface area contributed by atoms with Gasteiger partial charge in [0.15, 0.2) is 0 Å². The number of anilines is 1. The molecule has 0 bridgehead atoms. The number of aliphatic carboxylic acids is 1. The summed E-state index contributed by atoms with van der Waals surface area (Å²) >= 11 is 0. The third kappa shape index (κ3) is 5.81. The van der Waals surface area contributed by atoms with Gasteiger partial charge in [0.25, 0.3) is 0 Å². The largest absolute Gasteiger partial charge is 0.497 e. The molecule has 0 saturated carbocycles. The highest BCUT2D eigenvalue weighted by Gasteiger charge is 2.13. The minimum atomic E-state index is -0.876. The van der Waals surface area contributed by atoms with Gasteiger partial charge in [0, 0.05) is 12.1 Å². The van der Waals surface area contributed by atoms with E-state index in [1.807, 2.05) is 24.3 Å². The van der Waals surface area contributed by atoms with E-state index in [2.05, 4.69) is 5.32 Å². The van der Waals surface area contributed by atoms with Gasteiger partial charge in [-0.15, -0.1) is 0 Å². The molecule has 1 amide bonds. The molecule has 0 aromatic heterocycles. The van der Waals surface area contributed by atoms with Crippen molar-refractivity contribution >= 4 is 17.6 Å². The summed E-state index contributed by atoms with van der Waals surface area (Å²) in [7, 11) is 1.61. The van der Waals surface area contributed by atoms with Crippen LogP contribution < -0.4 is 14.8 Å². The number of methoxy groups -OCH3 is 1. The Hall–Kier alpha value is -3.02. The molecule has 0 aliphatic heterocycles. The first kappa shape index (κ1) is 19.3. The number of ether oxygens (including phenoxy) is 2. The Morgan fingerprint density at radius 1 is 1.04 bits per heavy atom. The highest BCUT2D eigenvalue weighted by atomic mass is 16.5. The van der Waals surface area contributed by atoms with Gasteiger partial charge in [0.1, 0.15) is 11.5 Å². The maximum absolute atomic E-state index is 12.0. The molecule has 2 aromatic rings. The fraction of sp³-hybridized carbons (Fsp3) is 0.300. The molecular formula is C20H23NO5. The Morgan fingerprint density at radius 2 is 1.65 bits per heavy atom. The van der Waals surface area contributed by atoms with Gasteiger partial charge in [-0.1, -0.05) is 12.1 Å². The van der Waals surface area contributed by atoms with E-state index in [0.717, 1.165) is 11.5 Å². The summed E-state index contributed by atoms with van der Waals surface area (Å²) in [6, 6.07) is 14.1. The molecule has 6 nitrogen and oxygen atoms in total. The minimum absolute atomic E-state index is 0.109. The lowest BCUT2D eigenvalue weighted by molar-refractivity contribution is -0.138. The van der Waals surface area contributed by atoms with Crippen LogP contribution in [-0.4, -0.2) is 30.7 Å². The molecule has 2 rings (SSSR count). The zero-order valence-electron chi connectivity index (χ0n) is 14.9. The summed E-state index contributed by atoms with van der Waals surface area (Å²) in [5.74, 6) is -0.0642. The fourth-order valence-electron chi connectivity index (χ4n) is 2.32. The summed E-state index contributed by atoms with van der Waals surface area (Å²) in [4.78, 5) is 22.9. The van der Waals surface area contributed by atoms with Gasteiger partial charge in [-0.3, -0.25) is 9.59 Å². The number of amides is 1. The van der Waals surface area contributed by atoms with Crippen LogP contribution in [0.2, 0.25) is 0 Å². The Labute approximate surface area is 152 Å². The van der Waals surface area contributed by atoms with Gasteiger partial charge in [0.05, 0.1) is 19.6 Å². The molecule has 0 aliphatic rings. The number of carbonyl (C=O) groups excluding carboxylic acids is 1. The lowest BCUT2D eigenvalue weighted by Crippen LogP contribution is -2.13. The van der Waals surface area contributed by atoms with Crippen molar-refractivity contribution in [1.82, 2.24) is 0 Å². The summed E-state index contributed by atoms with van der Waals surface area (Å²) in [6.07, 6.45) is 0.926. The molecule has 26 heavy (non-hydrogen) atoms. The van der Waals surface area contributed by atoms with Gasteiger partial charge in [-0.2, -0.15) is 0 Å². The quantitative estimate of drug-likeness (QED) is 0.669. The Bertz CT molecular complexity index is 725. The molecule has 1 unspecified atom stereocenters. The normalized spacial score (nSPS) is 11.5. The Morgan fingerprint density at radius 3 is 2.23 bits per heavy atom. The van der Waals surface area contributed by atoms with Crippen LogP contribution in [0.1, 0.15) is 31.2 Å². The molecule has 0 saturated heterocycles. The number of nitrogens with one attached hydrogen (secondary N) is 1. The van der Waals surface area contributed by atoms with E-state index in [-0.39, 0.29) is 5.91 Å². The predicted octanol–water partition coefficient (Wildman–Crippen LogP) is 3.68. The number of carboxylic acid groups (broad SMARTS) is 1. The van der Waals surface area contributed by atoms with Crippen molar-refractivity contribution in [1.29, 1.82) is 0 Å². The molecule has 0 radical (unpaired) electrons. The third-order valence-electron chi connectivity index (χ3n) is 3.94. The summed E-state index contributed by atoms with van der Waals surface area (Å²) < 4.78 is 10.7. The van der Waals surface area contributed by atoms with E-state index < -0.39 is 11.9 Å². The molecule has 2 N–H and O–H groups in total. The highest BCUT2D eigenvalue weighted by molar-refractivity contribution is 5.90. The monoisotopic (exact) mass is 357 g/mol. The number of carbonyl (C=O) groups is 2. The molecule has 0 aliphatic carbocycles. The van der Waals surface area contributed by atoms with Crippen LogP contribution in [0.25, 0.3) is 0 Å².